The molecular formula is C15H13F3N2O3. The second kappa shape index (κ2) is 5.36. The molecule has 1 N–H and O–H groups in total. The van der Waals surface area contributed by atoms with Gasteiger partial charge in [-0.15, -0.1) is 0 Å². The van der Waals surface area contributed by atoms with Crippen LogP contribution in [-0.2, 0) is 11.0 Å². The Morgan fingerprint density at radius 2 is 2.04 bits per heavy atom. The van der Waals surface area contributed by atoms with Gasteiger partial charge in [-0.2, -0.15) is 13.2 Å². The molecule has 1 aromatic carbocycles. The van der Waals surface area contributed by atoms with Crippen molar-refractivity contribution in [1.82, 2.24) is 0 Å². The molecule has 8 heteroatoms. The van der Waals surface area contributed by atoms with Crippen molar-refractivity contribution >= 4 is 17.3 Å². The van der Waals surface area contributed by atoms with Gasteiger partial charge in [0, 0.05) is 17.3 Å². The Kier molecular flexibility index (Phi) is 3.62. The van der Waals surface area contributed by atoms with E-state index in [0.717, 1.165) is 31.4 Å². The first-order valence-corrected chi connectivity index (χ1v) is 7.14. The Labute approximate surface area is 129 Å². The molecule has 1 amide bonds. The van der Waals surface area contributed by atoms with E-state index in [1.165, 1.54) is 0 Å². The van der Waals surface area contributed by atoms with Crippen molar-refractivity contribution in [3.63, 3.8) is 0 Å². The monoisotopic (exact) mass is 326 g/mol. The van der Waals surface area contributed by atoms with E-state index in [4.69, 9.17) is 0 Å². The number of hydrogen-bond donors (Lipinski definition) is 1. The second-order valence-electron chi connectivity index (χ2n) is 5.83. The first-order valence-electron chi connectivity index (χ1n) is 7.14. The molecule has 5 nitrogen and oxygen atoms in total. The summed E-state index contributed by atoms with van der Waals surface area (Å²) >= 11 is 0. The lowest BCUT2D eigenvalue weighted by Crippen LogP contribution is -2.19. The van der Waals surface area contributed by atoms with Crippen molar-refractivity contribution < 1.29 is 22.9 Å². The molecule has 23 heavy (non-hydrogen) atoms. The number of nitrogens with one attached hydrogen (secondary N) is 1. The molecule has 2 bridgehead atoms. The Hall–Kier alpha value is -2.38. The van der Waals surface area contributed by atoms with Crippen LogP contribution in [0.4, 0.5) is 24.5 Å². The van der Waals surface area contributed by atoms with E-state index < -0.39 is 28.3 Å². The molecule has 1 aromatic rings. The minimum atomic E-state index is -4.87. The average Bonchev–Trinajstić information content (AvgIpc) is 3.08. The van der Waals surface area contributed by atoms with Gasteiger partial charge in [0.05, 0.1) is 4.92 Å². The summed E-state index contributed by atoms with van der Waals surface area (Å²) < 4.78 is 38.8. The topological polar surface area (TPSA) is 72.2 Å². The van der Waals surface area contributed by atoms with Crippen LogP contribution in [0.5, 0.6) is 0 Å². The third-order valence-electron chi connectivity index (χ3n) is 4.35. The van der Waals surface area contributed by atoms with E-state index in [1.807, 2.05) is 6.08 Å². The normalized spacial score (nSPS) is 22.8. The number of fused-ring (bicyclic) bond motifs is 2. The van der Waals surface area contributed by atoms with Crippen molar-refractivity contribution in [2.24, 2.45) is 11.8 Å². The first kappa shape index (κ1) is 15.5. The molecule has 0 aromatic heterocycles. The van der Waals surface area contributed by atoms with Gasteiger partial charge in [-0.3, -0.25) is 14.9 Å². The van der Waals surface area contributed by atoms with Crippen molar-refractivity contribution in [2.75, 3.05) is 5.32 Å². The average molecular weight is 326 g/mol. The standard InChI is InChI=1S/C15H13F3N2O3/c16-15(17,18)12-7-10(3-4-13(12)20(22)23)19-14(21)11-6-8-1-2-9(11)5-8/h3-4,6-9H,1-2,5H2,(H,19,21)/t8-,9?/m1/s1. The van der Waals surface area contributed by atoms with Crippen LogP contribution in [0, 0.1) is 22.0 Å². The Bertz CT molecular complexity index is 712. The van der Waals surface area contributed by atoms with Gasteiger partial charge in [0.15, 0.2) is 0 Å². The molecule has 2 atom stereocenters. The van der Waals surface area contributed by atoms with Gasteiger partial charge in [0.1, 0.15) is 5.56 Å². The van der Waals surface area contributed by atoms with Gasteiger partial charge in [-0.25, -0.2) is 0 Å². The van der Waals surface area contributed by atoms with Crippen LogP contribution in [0.1, 0.15) is 24.8 Å². The molecule has 0 aliphatic heterocycles. The van der Waals surface area contributed by atoms with E-state index in [9.17, 15) is 28.1 Å². The summed E-state index contributed by atoms with van der Waals surface area (Å²) in [4.78, 5) is 21.8. The molecule has 122 valence electrons. The zero-order valence-corrected chi connectivity index (χ0v) is 11.9. The second-order valence-corrected chi connectivity index (χ2v) is 5.83. The Morgan fingerprint density at radius 3 is 2.57 bits per heavy atom. The van der Waals surface area contributed by atoms with Gasteiger partial charge in [0.2, 0.25) is 0 Å². The summed E-state index contributed by atoms with van der Waals surface area (Å²) in [5.41, 5.74) is -1.90. The number of anilines is 1. The summed E-state index contributed by atoms with van der Waals surface area (Å²) in [5.74, 6) is 0.114. The summed E-state index contributed by atoms with van der Waals surface area (Å²) in [6, 6.07) is 2.47. The molecule has 0 heterocycles. The number of halogens is 3. The number of nitro groups is 1. The number of rotatable bonds is 3. The van der Waals surface area contributed by atoms with Crippen LogP contribution in [0.25, 0.3) is 0 Å². The summed E-state index contributed by atoms with van der Waals surface area (Å²) in [5, 5.41) is 13.1. The minimum Gasteiger partial charge on any atom is -0.322 e. The summed E-state index contributed by atoms with van der Waals surface area (Å²) in [7, 11) is 0. The van der Waals surface area contributed by atoms with Crippen molar-refractivity contribution in [3.8, 4) is 0 Å². The van der Waals surface area contributed by atoms with Crippen LogP contribution >= 0.6 is 0 Å². The third-order valence-corrected chi connectivity index (χ3v) is 4.35. The number of hydrogen-bond acceptors (Lipinski definition) is 3. The molecular weight excluding hydrogens is 313 g/mol. The van der Waals surface area contributed by atoms with E-state index in [-0.39, 0.29) is 11.6 Å². The summed E-state index contributed by atoms with van der Waals surface area (Å²) in [6.07, 6.45) is -0.125. The van der Waals surface area contributed by atoms with Gasteiger partial charge >= 0.3 is 6.18 Å². The zero-order chi connectivity index (χ0) is 16.8. The number of amides is 1. The number of nitrogens with zero attached hydrogens (tertiary/aromatic N) is 1. The predicted molar refractivity (Wildman–Crippen MR) is 75.6 cm³/mol. The Morgan fingerprint density at radius 1 is 1.30 bits per heavy atom. The number of carbonyl (C=O) groups excluding carboxylic acids is 1. The highest BCUT2D eigenvalue weighted by Gasteiger charge is 2.39. The molecule has 1 saturated carbocycles. The van der Waals surface area contributed by atoms with Crippen LogP contribution in [-0.4, -0.2) is 10.8 Å². The maximum absolute atomic E-state index is 12.9. The van der Waals surface area contributed by atoms with Crippen LogP contribution in [0.15, 0.2) is 29.8 Å². The number of nitro benzene ring substituents is 1. The van der Waals surface area contributed by atoms with Crippen LogP contribution in [0.2, 0.25) is 0 Å². The van der Waals surface area contributed by atoms with Gasteiger partial charge < -0.3 is 5.32 Å². The van der Waals surface area contributed by atoms with Gasteiger partial charge in [-0.05, 0) is 43.2 Å². The van der Waals surface area contributed by atoms with Crippen molar-refractivity contribution in [2.45, 2.75) is 25.4 Å². The minimum absolute atomic E-state index is 0.100. The van der Waals surface area contributed by atoms with Gasteiger partial charge in [-0.1, -0.05) is 6.08 Å². The SMILES string of the molecule is O=C(Nc1ccc([N+](=O)[O-])c(C(F)(F)F)c1)C1=C[C@@H]2CCC1C2. The molecule has 2 aliphatic carbocycles. The summed E-state index contributed by atoms with van der Waals surface area (Å²) in [6.45, 7) is 0. The lowest BCUT2D eigenvalue weighted by molar-refractivity contribution is -0.388. The van der Waals surface area contributed by atoms with Crippen LogP contribution in [0.3, 0.4) is 0 Å². The molecule has 3 rings (SSSR count). The zero-order valence-electron chi connectivity index (χ0n) is 11.9. The van der Waals surface area contributed by atoms with E-state index >= 15 is 0 Å². The highest BCUT2D eigenvalue weighted by Crippen LogP contribution is 2.44. The highest BCUT2D eigenvalue weighted by molar-refractivity contribution is 6.04. The van der Waals surface area contributed by atoms with Crippen molar-refractivity contribution in [1.29, 1.82) is 0 Å². The maximum Gasteiger partial charge on any atom is 0.423 e. The first-order chi connectivity index (χ1) is 10.8. The van der Waals surface area contributed by atoms with Crippen LogP contribution < -0.4 is 5.32 Å². The molecule has 0 saturated heterocycles. The predicted octanol–water partition coefficient (Wildman–Crippen LogP) is 3.91. The smallest absolute Gasteiger partial charge is 0.322 e. The van der Waals surface area contributed by atoms with E-state index in [1.54, 1.807) is 0 Å². The van der Waals surface area contributed by atoms with E-state index in [2.05, 4.69) is 5.32 Å². The molecule has 1 fully saturated rings. The quantitative estimate of drug-likeness (QED) is 0.676. The molecule has 0 spiro atoms. The fraction of sp³-hybridized carbons (Fsp3) is 0.400. The lowest BCUT2D eigenvalue weighted by Gasteiger charge is -2.14. The number of alkyl halides is 3. The van der Waals surface area contributed by atoms with Crippen molar-refractivity contribution in [3.05, 3.63) is 45.5 Å². The number of benzene rings is 1. The fourth-order valence-corrected chi connectivity index (χ4v) is 3.30. The molecule has 0 radical (unpaired) electrons. The Balaban J connectivity index is 1.85. The maximum atomic E-state index is 12.9. The lowest BCUT2D eigenvalue weighted by atomic mass is 9.98. The highest BCUT2D eigenvalue weighted by atomic mass is 19.4. The number of carbonyl (C=O) groups is 1. The fourth-order valence-electron chi connectivity index (χ4n) is 3.30. The largest absolute Gasteiger partial charge is 0.423 e. The van der Waals surface area contributed by atoms with Gasteiger partial charge in [0.25, 0.3) is 11.6 Å². The van der Waals surface area contributed by atoms with E-state index in [0.29, 0.717) is 17.6 Å². The third kappa shape index (κ3) is 2.93. The number of allylic oxidation sites excluding steroid dienone is 1. The molecule has 1 unspecified atom stereocenters. The molecule has 2 aliphatic rings.